The second-order valence-electron chi connectivity index (χ2n) is 10.3. The Balaban J connectivity index is 0.000000185. The molecule has 6 rings (SSSR count). The summed E-state index contributed by atoms with van der Waals surface area (Å²) in [6.07, 6.45) is 6.62. The van der Waals surface area contributed by atoms with E-state index in [4.69, 9.17) is 0 Å². The minimum Gasteiger partial charge on any atom is -0.275 e. The molecule has 40 heavy (non-hydrogen) atoms. The molecule has 0 spiro atoms. The molecule has 0 fully saturated rings. The van der Waals surface area contributed by atoms with Gasteiger partial charge in [0, 0.05) is 37.3 Å². The van der Waals surface area contributed by atoms with E-state index in [0.29, 0.717) is 0 Å². The fraction of sp³-hybridized carbons (Fsp3) is 0.278. The van der Waals surface area contributed by atoms with Gasteiger partial charge in [-0.25, -0.2) is 0 Å². The normalized spacial score (nSPS) is 10.2. The van der Waals surface area contributed by atoms with Crippen LogP contribution in [-0.2, 0) is 14.1 Å². The molecule has 0 radical (unpaired) electrons. The molecular weight excluding hydrogens is 488 g/mol. The van der Waals surface area contributed by atoms with E-state index in [1.165, 1.54) is 57.0 Å². The standard InChI is InChI=1S/2C15H14N2.2C3H8/c1-11-3-5-12(6-4-11)13-7-8-15-14(9-13)10-17(2)16-15;1-11-6-8-12(9-7-11)13-4-3-5-15-14(13)10-17(2)16-15;2*1-3-2/h2*3-10H,1-2H3;2*3H2,1-2H3. The van der Waals surface area contributed by atoms with Crippen LogP contribution in [0.15, 0.2) is 97.3 Å². The van der Waals surface area contributed by atoms with E-state index < -0.39 is 0 Å². The summed E-state index contributed by atoms with van der Waals surface area (Å²) in [5.41, 5.74) is 9.65. The number of hydrogen-bond acceptors (Lipinski definition) is 2. The highest BCUT2D eigenvalue weighted by atomic mass is 15.2. The molecule has 0 atom stereocenters. The molecule has 208 valence electrons. The smallest absolute Gasteiger partial charge is 0.0929 e. The highest BCUT2D eigenvalue weighted by molar-refractivity contribution is 5.94. The second-order valence-corrected chi connectivity index (χ2v) is 10.3. The van der Waals surface area contributed by atoms with Crippen LogP contribution in [0.3, 0.4) is 0 Å². The Morgan fingerprint density at radius 3 is 1.65 bits per heavy atom. The predicted molar refractivity (Wildman–Crippen MR) is 174 cm³/mol. The lowest BCUT2D eigenvalue weighted by molar-refractivity contribution is 0.779. The van der Waals surface area contributed by atoms with E-state index >= 15 is 0 Å². The Labute approximate surface area is 240 Å². The Kier molecular flexibility index (Phi) is 11.3. The zero-order chi connectivity index (χ0) is 29.1. The Hall–Kier alpha value is -4.18. The fourth-order valence-corrected chi connectivity index (χ4v) is 4.22. The van der Waals surface area contributed by atoms with E-state index in [9.17, 15) is 0 Å². The highest BCUT2D eigenvalue weighted by Crippen LogP contribution is 2.28. The predicted octanol–water partition coefficient (Wildman–Crippen LogP) is 9.93. The molecule has 4 aromatic carbocycles. The van der Waals surface area contributed by atoms with Crippen molar-refractivity contribution in [1.82, 2.24) is 19.6 Å². The van der Waals surface area contributed by atoms with Crippen molar-refractivity contribution in [2.75, 3.05) is 0 Å². The lowest BCUT2D eigenvalue weighted by Crippen LogP contribution is -1.84. The van der Waals surface area contributed by atoms with Gasteiger partial charge in [0.1, 0.15) is 0 Å². The zero-order valence-electron chi connectivity index (χ0n) is 25.4. The minimum absolute atomic E-state index is 1.04. The minimum atomic E-state index is 1.04. The van der Waals surface area contributed by atoms with Crippen LogP contribution in [0.4, 0.5) is 0 Å². The van der Waals surface area contributed by atoms with Gasteiger partial charge in [-0.15, -0.1) is 0 Å². The van der Waals surface area contributed by atoms with Crippen LogP contribution in [0.1, 0.15) is 51.7 Å². The third kappa shape index (κ3) is 8.16. The summed E-state index contributed by atoms with van der Waals surface area (Å²) in [5.74, 6) is 0. The molecule has 4 nitrogen and oxygen atoms in total. The summed E-state index contributed by atoms with van der Waals surface area (Å²) in [6.45, 7) is 12.7. The first-order valence-corrected chi connectivity index (χ1v) is 14.3. The topological polar surface area (TPSA) is 35.6 Å². The molecule has 2 aromatic heterocycles. The first kappa shape index (κ1) is 30.4. The van der Waals surface area contributed by atoms with Gasteiger partial charge in [-0.1, -0.05) is 118 Å². The number of rotatable bonds is 2. The van der Waals surface area contributed by atoms with Crippen molar-refractivity contribution in [2.45, 2.75) is 54.4 Å². The van der Waals surface area contributed by atoms with Crippen molar-refractivity contribution in [2.24, 2.45) is 14.1 Å². The molecule has 0 N–H and O–H groups in total. The number of nitrogens with zero attached hydrogens (tertiary/aromatic N) is 4. The van der Waals surface area contributed by atoms with E-state index in [1.54, 1.807) is 0 Å². The monoisotopic (exact) mass is 532 g/mol. The van der Waals surface area contributed by atoms with Gasteiger partial charge in [0.05, 0.1) is 11.0 Å². The van der Waals surface area contributed by atoms with Gasteiger partial charge < -0.3 is 0 Å². The van der Waals surface area contributed by atoms with Crippen LogP contribution in [0, 0.1) is 13.8 Å². The molecule has 6 aromatic rings. The molecule has 0 unspecified atom stereocenters. The molecule has 0 aliphatic rings. The quantitative estimate of drug-likeness (QED) is 0.222. The molecule has 2 heterocycles. The van der Waals surface area contributed by atoms with Crippen molar-refractivity contribution in [3.05, 3.63) is 108 Å². The fourth-order valence-electron chi connectivity index (χ4n) is 4.22. The SMILES string of the molecule is CCC.CCC.Cc1ccc(-c2ccc3nn(C)cc3c2)cc1.Cc1ccc(-c2cccc3nn(C)cc23)cc1. The average molecular weight is 533 g/mol. The largest absolute Gasteiger partial charge is 0.275 e. The number of benzene rings is 4. The summed E-state index contributed by atoms with van der Waals surface area (Å²) in [5, 5.41) is 11.2. The Bertz CT molecular complexity index is 1600. The summed E-state index contributed by atoms with van der Waals surface area (Å²) in [4.78, 5) is 0. The lowest BCUT2D eigenvalue weighted by Gasteiger charge is -2.03. The van der Waals surface area contributed by atoms with E-state index in [1.807, 2.05) is 35.7 Å². The highest BCUT2D eigenvalue weighted by Gasteiger charge is 2.06. The maximum Gasteiger partial charge on any atom is 0.0929 e. The maximum absolute atomic E-state index is 4.43. The van der Waals surface area contributed by atoms with Crippen LogP contribution in [0.5, 0.6) is 0 Å². The van der Waals surface area contributed by atoms with Crippen molar-refractivity contribution >= 4 is 21.8 Å². The molecule has 4 heteroatoms. The van der Waals surface area contributed by atoms with Gasteiger partial charge in [0.15, 0.2) is 0 Å². The molecule has 0 aliphatic heterocycles. The molecule has 0 saturated heterocycles. The third-order valence-corrected chi connectivity index (χ3v) is 6.03. The number of fused-ring (bicyclic) bond motifs is 2. The van der Waals surface area contributed by atoms with Crippen molar-refractivity contribution < 1.29 is 0 Å². The third-order valence-electron chi connectivity index (χ3n) is 6.03. The molecule has 0 aliphatic carbocycles. The van der Waals surface area contributed by atoms with Gasteiger partial charge in [-0.3, -0.25) is 9.36 Å². The zero-order valence-corrected chi connectivity index (χ0v) is 25.4. The van der Waals surface area contributed by atoms with Crippen molar-refractivity contribution in [3.63, 3.8) is 0 Å². The van der Waals surface area contributed by atoms with Crippen LogP contribution in [0.2, 0.25) is 0 Å². The van der Waals surface area contributed by atoms with Crippen LogP contribution in [0.25, 0.3) is 44.1 Å². The van der Waals surface area contributed by atoms with Crippen LogP contribution < -0.4 is 0 Å². The number of aryl methyl sites for hydroxylation is 4. The summed E-state index contributed by atoms with van der Waals surface area (Å²) < 4.78 is 3.71. The lowest BCUT2D eigenvalue weighted by atomic mass is 10.0. The number of hydrogen-bond donors (Lipinski definition) is 0. The Morgan fingerprint density at radius 2 is 1.05 bits per heavy atom. The molecule has 0 amide bonds. The second kappa shape index (κ2) is 14.8. The van der Waals surface area contributed by atoms with E-state index in [0.717, 1.165) is 11.0 Å². The first-order valence-electron chi connectivity index (χ1n) is 14.3. The van der Waals surface area contributed by atoms with Gasteiger partial charge in [-0.05, 0) is 54.3 Å². The molecular formula is C36H44N4. The maximum atomic E-state index is 4.43. The summed E-state index contributed by atoms with van der Waals surface area (Å²) in [6, 6.07) is 29.9. The van der Waals surface area contributed by atoms with Crippen molar-refractivity contribution in [3.8, 4) is 22.3 Å². The van der Waals surface area contributed by atoms with Crippen molar-refractivity contribution in [1.29, 1.82) is 0 Å². The molecule has 0 bridgehead atoms. The number of aromatic nitrogens is 4. The van der Waals surface area contributed by atoms with Crippen LogP contribution >= 0.6 is 0 Å². The van der Waals surface area contributed by atoms with Gasteiger partial charge in [0.25, 0.3) is 0 Å². The summed E-state index contributed by atoms with van der Waals surface area (Å²) in [7, 11) is 3.91. The van der Waals surface area contributed by atoms with E-state index in [-0.39, 0.29) is 0 Å². The van der Waals surface area contributed by atoms with Gasteiger partial charge in [-0.2, -0.15) is 10.2 Å². The first-order chi connectivity index (χ1) is 19.3. The summed E-state index contributed by atoms with van der Waals surface area (Å²) >= 11 is 0. The molecule has 0 saturated carbocycles. The van der Waals surface area contributed by atoms with Crippen LogP contribution in [-0.4, -0.2) is 19.6 Å². The van der Waals surface area contributed by atoms with Gasteiger partial charge in [0.2, 0.25) is 0 Å². The Morgan fingerprint density at radius 1 is 0.550 bits per heavy atom. The van der Waals surface area contributed by atoms with E-state index in [2.05, 4.69) is 137 Å². The van der Waals surface area contributed by atoms with Gasteiger partial charge >= 0.3 is 0 Å². The average Bonchev–Trinajstić information content (AvgIpc) is 3.51.